The number of halogens is 1. The minimum atomic E-state index is 0.900. The normalized spacial score (nSPS) is 12.7. The molecule has 0 saturated heterocycles. The molecular weight excluding hydrogens is 425 g/mol. The summed E-state index contributed by atoms with van der Waals surface area (Å²) in [5.41, 5.74) is 4.99. The topological polar surface area (TPSA) is 39.1 Å². The molecular formula is C20H20IN3O. The molecule has 0 bridgehead atoms. The zero-order chi connectivity index (χ0) is 17.2. The Labute approximate surface area is 161 Å². The predicted molar refractivity (Wildman–Crippen MR) is 109 cm³/mol. The third kappa shape index (κ3) is 3.38. The highest BCUT2D eigenvalue weighted by atomic mass is 127. The highest BCUT2D eigenvalue weighted by Gasteiger charge is 2.22. The highest BCUT2D eigenvalue weighted by molar-refractivity contribution is 14.1. The molecule has 2 heterocycles. The molecule has 2 aromatic carbocycles. The molecule has 5 heteroatoms. The van der Waals surface area contributed by atoms with E-state index in [4.69, 9.17) is 9.84 Å². The van der Waals surface area contributed by atoms with Gasteiger partial charge in [0.15, 0.2) is 0 Å². The van der Waals surface area contributed by atoms with Crippen LogP contribution in [0.5, 0.6) is 5.75 Å². The van der Waals surface area contributed by atoms with Gasteiger partial charge in [0.05, 0.1) is 18.5 Å². The van der Waals surface area contributed by atoms with E-state index >= 15 is 0 Å². The van der Waals surface area contributed by atoms with Gasteiger partial charge in [-0.25, -0.2) is 4.68 Å². The lowest BCUT2D eigenvalue weighted by Gasteiger charge is -2.06. The zero-order valence-electron chi connectivity index (χ0n) is 14.1. The number of anilines is 1. The van der Waals surface area contributed by atoms with Crippen LogP contribution in [0, 0.1) is 3.57 Å². The number of benzene rings is 2. The standard InChI is InChI=1S/C20H20IN3O/c1-25-17-9-2-14(3-10-17)4-11-19-18-12-13-22-20(18)24(23-19)16-7-5-15(21)6-8-16/h2-3,5-10,22H,4,11-13H2,1H3. The van der Waals surface area contributed by atoms with Gasteiger partial charge in [0, 0.05) is 15.7 Å². The summed E-state index contributed by atoms with van der Waals surface area (Å²) in [6.45, 7) is 0.993. The van der Waals surface area contributed by atoms with Gasteiger partial charge in [0.25, 0.3) is 0 Å². The first kappa shape index (κ1) is 16.4. The molecule has 3 aromatic rings. The van der Waals surface area contributed by atoms with Crippen molar-refractivity contribution < 1.29 is 4.74 Å². The van der Waals surface area contributed by atoms with E-state index in [9.17, 15) is 0 Å². The smallest absolute Gasteiger partial charge is 0.133 e. The van der Waals surface area contributed by atoms with E-state index in [1.807, 2.05) is 12.1 Å². The summed E-state index contributed by atoms with van der Waals surface area (Å²) in [5.74, 6) is 2.06. The van der Waals surface area contributed by atoms with Crippen LogP contribution in [0.4, 0.5) is 5.82 Å². The summed E-state index contributed by atoms with van der Waals surface area (Å²) in [5, 5.41) is 8.41. The van der Waals surface area contributed by atoms with E-state index in [1.54, 1.807) is 7.11 Å². The second kappa shape index (κ2) is 7.07. The van der Waals surface area contributed by atoms with Crippen LogP contribution in [0.15, 0.2) is 48.5 Å². The Morgan fingerprint density at radius 3 is 2.56 bits per heavy atom. The summed E-state index contributed by atoms with van der Waals surface area (Å²) in [6, 6.07) is 16.8. The van der Waals surface area contributed by atoms with Crippen LogP contribution in [0.2, 0.25) is 0 Å². The fourth-order valence-corrected chi connectivity index (χ4v) is 3.63. The molecule has 0 radical (unpaired) electrons. The Kier molecular flexibility index (Phi) is 4.65. The van der Waals surface area contributed by atoms with Crippen LogP contribution in [-0.4, -0.2) is 23.4 Å². The van der Waals surface area contributed by atoms with Crippen molar-refractivity contribution >= 4 is 28.4 Å². The first-order valence-corrected chi connectivity index (χ1v) is 9.56. The second-order valence-electron chi connectivity index (χ2n) is 6.19. The lowest BCUT2D eigenvalue weighted by Crippen LogP contribution is -2.05. The molecule has 1 aromatic heterocycles. The number of methoxy groups -OCH3 is 1. The van der Waals surface area contributed by atoms with Crippen molar-refractivity contribution in [3.8, 4) is 11.4 Å². The van der Waals surface area contributed by atoms with Crippen LogP contribution in [-0.2, 0) is 19.3 Å². The molecule has 0 fully saturated rings. The molecule has 0 atom stereocenters. The van der Waals surface area contributed by atoms with E-state index in [0.29, 0.717) is 0 Å². The summed E-state index contributed by atoms with van der Waals surface area (Å²) in [4.78, 5) is 0. The van der Waals surface area contributed by atoms with Gasteiger partial charge in [-0.1, -0.05) is 12.1 Å². The van der Waals surface area contributed by atoms with Crippen LogP contribution in [0.3, 0.4) is 0 Å². The van der Waals surface area contributed by atoms with Gasteiger partial charge in [-0.15, -0.1) is 0 Å². The zero-order valence-corrected chi connectivity index (χ0v) is 16.3. The number of hydrogen-bond acceptors (Lipinski definition) is 3. The number of aryl methyl sites for hydroxylation is 2. The maximum Gasteiger partial charge on any atom is 0.133 e. The van der Waals surface area contributed by atoms with Gasteiger partial charge < -0.3 is 10.1 Å². The van der Waals surface area contributed by atoms with Crippen molar-refractivity contribution in [2.45, 2.75) is 19.3 Å². The van der Waals surface area contributed by atoms with Crippen LogP contribution in [0.25, 0.3) is 5.69 Å². The number of hydrogen-bond donors (Lipinski definition) is 1. The molecule has 0 saturated carbocycles. The fraction of sp³-hybridized carbons (Fsp3) is 0.250. The first-order valence-electron chi connectivity index (χ1n) is 8.48. The van der Waals surface area contributed by atoms with Crippen molar-refractivity contribution in [1.29, 1.82) is 0 Å². The van der Waals surface area contributed by atoms with Gasteiger partial charge in [-0.2, -0.15) is 5.10 Å². The molecule has 4 nitrogen and oxygen atoms in total. The maximum atomic E-state index is 5.23. The number of aromatic nitrogens is 2. The molecule has 0 amide bonds. The van der Waals surface area contributed by atoms with Crippen LogP contribution >= 0.6 is 22.6 Å². The van der Waals surface area contributed by atoms with E-state index in [1.165, 1.54) is 20.4 Å². The Bertz CT molecular complexity index is 869. The van der Waals surface area contributed by atoms with Crippen molar-refractivity contribution in [3.05, 3.63) is 68.9 Å². The lowest BCUT2D eigenvalue weighted by atomic mass is 10.1. The van der Waals surface area contributed by atoms with Gasteiger partial charge in [0.1, 0.15) is 11.6 Å². The quantitative estimate of drug-likeness (QED) is 0.598. The number of fused-ring (bicyclic) bond motifs is 1. The van der Waals surface area contributed by atoms with E-state index in [2.05, 4.69) is 69.0 Å². The highest BCUT2D eigenvalue weighted by Crippen LogP contribution is 2.29. The third-order valence-electron chi connectivity index (χ3n) is 4.61. The van der Waals surface area contributed by atoms with Crippen LogP contribution in [0.1, 0.15) is 16.8 Å². The van der Waals surface area contributed by atoms with Crippen LogP contribution < -0.4 is 10.1 Å². The Morgan fingerprint density at radius 2 is 1.84 bits per heavy atom. The SMILES string of the molecule is COc1ccc(CCc2nn(-c3ccc(I)cc3)c3c2CCN3)cc1. The van der Waals surface area contributed by atoms with E-state index in [-0.39, 0.29) is 0 Å². The molecule has 0 spiro atoms. The molecule has 0 aliphatic carbocycles. The monoisotopic (exact) mass is 445 g/mol. The minimum Gasteiger partial charge on any atom is -0.497 e. The summed E-state index contributed by atoms with van der Waals surface area (Å²) >= 11 is 2.33. The summed E-state index contributed by atoms with van der Waals surface area (Å²) in [7, 11) is 1.70. The third-order valence-corrected chi connectivity index (χ3v) is 5.33. The van der Waals surface area contributed by atoms with E-state index < -0.39 is 0 Å². The predicted octanol–water partition coefficient (Wildman–Crippen LogP) is 4.24. The molecule has 4 rings (SSSR count). The average Bonchev–Trinajstić information content (AvgIpc) is 3.24. The van der Waals surface area contributed by atoms with E-state index in [0.717, 1.165) is 43.1 Å². The van der Waals surface area contributed by atoms with Crippen molar-refractivity contribution in [2.24, 2.45) is 0 Å². The largest absolute Gasteiger partial charge is 0.497 e. The molecule has 1 aliphatic rings. The minimum absolute atomic E-state index is 0.900. The van der Waals surface area contributed by atoms with Gasteiger partial charge >= 0.3 is 0 Å². The Balaban J connectivity index is 1.57. The fourth-order valence-electron chi connectivity index (χ4n) is 3.27. The summed E-state index contributed by atoms with van der Waals surface area (Å²) < 4.78 is 8.52. The number of ether oxygens (including phenoxy) is 1. The first-order chi connectivity index (χ1) is 12.2. The molecule has 0 unspecified atom stereocenters. The van der Waals surface area contributed by atoms with Crippen molar-refractivity contribution in [2.75, 3.05) is 19.0 Å². The summed E-state index contributed by atoms with van der Waals surface area (Å²) in [6.07, 6.45) is 2.99. The van der Waals surface area contributed by atoms with Gasteiger partial charge in [0.2, 0.25) is 0 Å². The number of nitrogens with one attached hydrogen (secondary N) is 1. The molecule has 1 N–H and O–H groups in total. The molecule has 128 valence electrons. The molecule has 25 heavy (non-hydrogen) atoms. The second-order valence-corrected chi connectivity index (χ2v) is 7.43. The van der Waals surface area contributed by atoms with Crippen molar-refractivity contribution in [1.82, 2.24) is 9.78 Å². The van der Waals surface area contributed by atoms with Gasteiger partial charge in [-0.05, 0) is 83.8 Å². The van der Waals surface area contributed by atoms with Gasteiger partial charge in [-0.3, -0.25) is 0 Å². The molecule has 1 aliphatic heterocycles. The Hall–Kier alpha value is -2.02. The maximum absolute atomic E-state index is 5.23. The average molecular weight is 445 g/mol. The number of nitrogens with zero attached hydrogens (tertiary/aromatic N) is 2. The lowest BCUT2D eigenvalue weighted by molar-refractivity contribution is 0.414. The Morgan fingerprint density at radius 1 is 1.08 bits per heavy atom. The number of rotatable bonds is 5. The van der Waals surface area contributed by atoms with Crippen molar-refractivity contribution in [3.63, 3.8) is 0 Å².